The molecule has 0 fully saturated rings. The Morgan fingerprint density at radius 1 is 1.39 bits per heavy atom. The van der Waals surface area contributed by atoms with Crippen LogP contribution in [0.2, 0.25) is 0 Å². The topological polar surface area (TPSA) is 104 Å². The fourth-order valence-corrected chi connectivity index (χ4v) is 17.9. The van der Waals surface area contributed by atoms with Gasteiger partial charge in [0, 0.05) is 6.54 Å². The average molecular weight is 745 g/mol. The second kappa shape index (κ2) is 18.1. The van der Waals surface area contributed by atoms with Gasteiger partial charge in [0.05, 0.1) is 12.3 Å². The SMILES string of the molecule is C=C(/C=C\[C@@H](C)NCC(O)NC1=II(C(F)(F)F)CCC1)O[C@H](CC(N)=NC[C@@H](C)CCCC)NC. The van der Waals surface area contributed by atoms with E-state index in [9.17, 15) is 18.3 Å². The van der Waals surface area contributed by atoms with Crippen LogP contribution in [-0.4, -0.2) is 61.8 Å². The van der Waals surface area contributed by atoms with Gasteiger partial charge in [-0.15, -0.1) is 0 Å². The normalized spacial score (nSPS) is 19.8. The van der Waals surface area contributed by atoms with Crippen molar-refractivity contribution in [3.05, 3.63) is 24.5 Å². The second-order valence-corrected chi connectivity index (χ2v) is 24.0. The van der Waals surface area contributed by atoms with Gasteiger partial charge in [-0.2, -0.15) is 0 Å². The molecule has 0 aromatic heterocycles. The monoisotopic (exact) mass is 745 g/mol. The Bertz CT molecular complexity index is 750. The summed E-state index contributed by atoms with van der Waals surface area (Å²) in [4.78, 5) is 4.48. The molecule has 7 nitrogen and oxygen atoms in total. The van der Waals surface area contributed by atoms with Crippen LogP contribution >= 0.6 is 32.6 Å². The van der Waals surface area contributed by atoms with Crippen molar-refractivity contribution in [2.75, 3.05) is 24.6 Å². The summed E-state index contributed by atoms with van der Waals surface area (Å²) < 4.78 is 42.1. The summed E-state index contributed by atoms with van der Waals surface area (Å²) in [7, 11) is 1.78. The van der Waals surface area contributed by atoms with Crippen molar-refractivity contribution in [3.63, 3.8) is 0 Å². The van der Waals surface area contributed by atoms with Crippen LogP contribution in [0.15, 0.2) is 29.5 Å². The Balaban J connectivity index is 2.41. The second-order valence-electron chi connectivity index (χ2n) is 8.86. The van der Waals surface area contributed by atoms with E-state index in [0.29, 0.717) is 47.7 Å². The number of allylic oxidation sites excluding steroid dienone is 1. The molecule has 0 aromatic rings. The number of rotatable bonds is 17. The predicted molar refractivity (Wildman–Crippen MR) is 162 cm³/mol. The van der Waals surface area contributed by atoms with Crippen LogP contribution in [0.1, 0.15) is 59.3 Å². The molecule has 0 amide bonds. The zero-order chi connectivity index (χ0) is 27.1. The first-order valence-corrected chi connectivity index (χ1v) is 22.3. The molecule has 1 heterocycles. The number of unbranched alkanes of at least 4 members (excludes halogenated alkanes) is 1. The fraction of sp³-hybridized carbons (Fsp3) is 0.750. The zero-order valence-electron chi connectivity index (χ0n) is 21.8. The Kier molecular flexibility index (Phi) is 16.9. The first-order valence-electron chi connectivity index (χ1n) is 12.4. The van der Waals surface area contributed by atoms with Gasteiger partial charge in [-0.05, 0) is 19.4 Å². The first-order chi connectivity index (χ1) is 16.9. The van der Waals surface area contributed by atoms with Crippen LogP contribution in [0.5, 0.6) is 0 Å². The van der Waals surface area contributed by atoms with Crippen molar-refractivity contribution in [1.29, 1.82) is 0 Å². The van der Waals surface area contributed by atoms with Crippen molar-refractivity contribution in [2.24, 2.45) is 16.6 Å². The molecule has 0 bridgehead atoms. The van der Waals surface area contributed by atoms with Gasteiger partial charge in [0.25, 0.3) is 0 Å². The number of hydrogen-bond donors (Lipinski definition) is 5. The fourth-order valence-electron chi connectivity index (χ4n) is 3.20. The molecule has 0 saturated heterocycles. The van der Waals surface area contributed by atoms with E-state index in [4.69, 9.17) is 10.5 Å². The van der Waals surface area contributed by atoms with Gasteiger partial charge in [-0.25, -0.2) is 0 Å². The van der Waals surface area contributed by atoms with E-state index in [1.807, 2.05) is 13.0 Å². The number of aliphatic hydroxyl groups is 1. The van der Waals surface area contributed by atoms with Crippen LogP contribution in [0, 0.1) is 5.92 Å². The summed E-state index contributed by atoms with van der Waals surface area (Å²) in [5.74, 6) is 1.49. The van der Waals surface area contributed by atoms with Gasteiger partial charge >= 0.3 is 148 Å². The minimum atomic E-state index is -3.99. The van der Waals surface area contributed by atoms with E-state index in [1.165, 1.54) is 12.8 Å². The van der Waals surface area contributed by atoms with Gasteiger partial charge in [0.1, 0.15) is 0 Å². The van der Waals surface area contributed by atoms with Crippen molar-refractivity contribution in [3.8, 4) is 0 Å². The Morgan fingerprint density at radius 2 is 2.11 bits per heavy atom. The molecule has 4 atom stereocenters. The van der Waals surface area contributed by atoms with E-state index in [-0.39, 0.29) is 18.8 Å². The third-order valence-electron chi connectivity index (χ3n) is 5.29. The molecule has 1 unspecified atom stereocenters. The molecule has 0 aliphatic carbocycles. The molecule has 1 aliphatic heterocycles. The Labute approximate surface area is 227 Å². The Hall–Kier alpha value is -0.290. The smallest absolute Gasteiger partial charge is 0.387 e. The number of nitrogens with zero attached hydrogens (tertiary/aromatic N) is 1. The quantitative estimate of drug-likeness (QED) is 0.0276. The first kappa shape index (κ1) is 33.7. The summed E-state index contributed by atoms with van der Waals surface area (Å²) >= 11 is -3.92. The third-order valence-corrected chi connectivity index (χ3v) is 22.6. The number of nitrogens with two attached hydrogens (primary N) is 1. The van der Waals surface area contributed by atoms with Crippen molar-refractivity contribution in [1.82, 2.24) is 16.0 Å². The summed E-state index contributed by atoms with van der Waals surface area (Å²) in [6.07, 6.45) is 7.47. The molecule has 0 aromatic carbocycles. The zero-order valence-corrected chi connectivity index (χ0v) is 26.1. The minimum absolute atomic E-state index is 0.101. The van der Waals surface area contributed by atoms with Gasteiger partial charge in [-0.1, -0.05) is 26.7 Å². The molecule has 212 valence electrons. The number of aliphatic imine (C=N–C) groups is 1. The molecule has 1 rings (SSSR count). The van der Waals surface area contributed by atoms with Crippen molar-refractivity contribution < 1.29 is 23.0 Å². The summed E-state index contributed by atoms with van der Waals surface area (Å²) in [6.45, 7) is 11.1. The number of hydrogen-bond acceptors (Lipinski definition) is 6. The van der Waals surface area contributed by atoms with Gasteiger partial charge in [0.15, 0.2) is 0 Å². The van der Waals surface area contributed by atoms with Crippen LogP contribution < -0.4 is 21.7 Å². The van der Waals surface area contributed by atoms with E-state index in [2.05, 4.69) is 41.4 Å². The Morgan fingerprint density at radius 3 is 2.75 bits per heavy atom. The van der Waals surface area contributed by atoms with Gasteiger partial charge < -0.3 is 5.73 Å². The number of alkyl halides is 5. The molecule has 0 spiro atoms. The minimum Gasteiger partial charge on any atom is -0.387 e. The van der Waals surface area contributed by atoms with E-state index in [1.54, 1.807) is 13.1 Å². The molecule has 0 radical (unpaired) electrons. The molecule has 0 saturated carbocycles. The molecule has 12 heteroatoms. The number of nitrogens with one attached hydrogen (secondary N) is 3. The van der Waals surface area contributed by atoms with Crippen LogP contribution in [0.25, 0.3) is 0 Å². The van der Waals surface area contributed by atoms with Crippen LogP contribution in [0.4, 0.5) is 13.2 Å². The third kappa shape index (κ3) is 15.2. The maximum atomic E-state index is 13.1. The van der Waals surface area contributed by atoms with Crippen LogP contribution in [0.3, 0.4) is 0 Å². The molecular weight excluding hydrogens is 701 g/mol. The summed E-state index contributed by atoms with van der Waals surface area (Å²) in [6, 6.07) is -0.101. The number of ether oxygens (including phenoxy) is 1. The maximum absolute atomic E-state index is 13.1. The average Bonchev–Trinajstić information content (AvgIpc) is 2.82. The van der Waals surface area contributed by atoms with E-state index in [0.717, 1.165) is 10.1 Å². The molecule has 1 aliphatic rings. The summed E-state index contributed by atoms with van der Waals surface area (Å²) in [5, 5.41) is 19.4. The number of aliphatic hydroxyl groups excluding tert-OH is 1. The van der Waals surface area contributed by atoms with Crippen molar-refractivity contribution in [2.45, 2.75) is 82.0 Å². The number of halogens is 5. The van der Waals surface area contributed by atoms with Gasteiger partial charge in [-0.3, -0.25) is 10.3 Å². The summed E-state index contributed by atoms with van der Waals surface area (Å²) in [5.41, 5.74) is 6.08. The standard InChI is InChI=1S/C24H44F3I2N5O2/c1-6-7-9-17(2)15-33-21(30)14-23(31-5)36-19(4)12-11-18(3)32-16-22(35)34-20-10-8-13-29(28-20)24(25,26)27/h11-12,17-18,22-23,31-32,34-35H,4,6-10,13-16H2,1-3,5H3,(H2,30,33)/b12-11-/t17-,18+,22?,23+/m0/s1. The predicted octanol–water partition coefficient (Wildman–Crippen LogP) is 4.91. The molecular formula is C24H44F3I2N5O2. The van der Waals surface area contributed by atoms with E-state index < -0.39 is 43.0 Å². The van der Waals surface area contributed by atoms with Crippen LogP contribution in [-0.2, 0) is 4.74 Å². The number of amidine groups is 1. The van der Waals surface area contributed by atoms with Gasteiger partial charge in [0.2, 0.25) is 0 Å². The van der Waals surface area contributed by atoms with Crippen molar-refractivity contribution >= 4 is 42.1 Å². The molecule has 6 N–H and O–H groups in total. The molecule has 36 heavy (non-hydrogen) atoms. The van der Waals surface area contributed by atoms with E-state index >= 15 is 0 Å².